The first-order valence-electron chi connectivity index (χ1n) is 6.20. The summed E-state index contributed by atoms with van der Waals surface area (Å²) in [5.74, 6) is 0. The minimum absolute atomic E-state index is 0.0512. The molecule has 3 aromatic heterocycles. The van der Waals surface area contributed by atoms with Gasteiger partial charge in [0.25, 0.3) is 9.05 Å². The van der Waals surface area contributed by atoms with E-state index in [4.69, 9.17) is 15.1 Å². The fourth-order valence-corrected chi connectivity index (χ4v) is 3.18. The van der Waals surface area contributed by atoms with Crippen LogP contribution in [0.3, 0.4) is 0 Å². The van der Waals surface area contributed by atoms with Gasteiger partial charge in [0, 0.05) is 34.7 Å². The van der Waals surface area contributed by atoms with Gasteiger partial charge in [0.15, 0.2) is 5.52 Å². The van der Waals surface area contributed by atoms with Crippen LogP contribution in [0.5, 0.6) is 0 Å². The van der Waals surface area contributed by atoms with Crippen molar-refractivity contribution in [1.82, 2.24) is 9.55 Å². The fraction of sp³-hybridized carbons (Fsp3) is 0.231. The summed E-state index contributed by atoms with van der Waals surface area (Å²) < 4.78 is 29.5. The molecule has 8 heteroatoms. The normalized spacial score (nSPS) is 11.4. The molecule has 112 valence electrons. The van der Waals surface area contributed by atoms with Crippen LogP contribution in [0.4, 0.5) is 0 Å². The van der Waals surface area contributed by atoms with Crippen molar-refractivity contribution in [3.05, 3.63) is 35.1 Å². The van der Waals surface area contributed by atoms with Crippen molar-refractivity contribution in [2.24, 2.45) is 7.05 Å². The Bertz CT molecular complexity index is 973. The van der Waals surface area contributed by atoms with E-state index in [-0.39, 0.29) is 10.4 Å². The molecule has 0 spiro atoms. The van der Waals surface area contributed by atoms with Gasteiger partial charge in [-0.2, -0.15) is 0 Å². The number of hydrogen-bond donors (Lipinski definition) is 0. The Hall–Kier alpha value is -1.86. The summed E-state index contributed by atoms with van der Waals surface area (Å²) in [6.07, 6.45) is 4.01. The van der Waals surface area contributed by atoms with Crippen LogP contribution in [-0.4, -0.2) is 18.0 Å². The highest BCUT2D eigenvalue weighted by molar-refractivity contribution is 8.14. The second kappa shape index (κ2) is 5.50. The molecule has 6 nitrogen and oxygen atoms in total. The number of rotatable bonds is 1. The lowest BCUT2D eigenvalue weighted by atomic mass is 10.2. The summed E-state index contributed by atoms with van der Waals surface area (Å²) in [7, 11) is 3.18. The summed E-state index contributed by atoms with van der Waals surface area (Å²) in [5.41, 5.74) is 0.0151. The van der Waals surface area contributed by atoms with Crippen LogP contribution >= 0.6 is 10.7 Å². The van der Waals surface area contributed by atoms with Crippen LogP contribution in [0.25, 0.3) is 21.8 Å². The molecule has 0 aromatic carbocycles. The first-order chi connectivity index (χ1) is 9.89. The molecule has 0 saturated heterocycles. The topological polar surface area (TPSA) is 82.2 Å². The van der Waals surface area contributed by atoms with Crippen LogP contribution in [0.1, 0.15) is 13.8 Å². The number of aromatic nitrogens is 2. The predicted octanol–water partition coefficient (Wildman–Crippen LogP) is 2.63. The SMILES string of the molecule is CC.Cn1cc(S(=O)(=O)Cl)c2c3ccoc(=O)c3ncc21. The molecule has 0 saturated carbocycles. The number of halogens is 1. The van der Waals surface area contributed by atoms with E-state index in [2.05, 4.69) is 4.98 Å². The van der Waals surface area contributed by atoms with Gasteiger partial charge in [0.2, 0.25) is 0 Å². The van der Waals surface area contributed by atoms with Gasteiger partial charge >= 0.3 is 5.63 Å². The first-order valence-corrected chi connectivity index (χ1v) is 8.51. The molecule has 0 unspecified atom stereocenters. The molecule has 0 atom stereocenters. The van der Waals surface area contributed by atoms with Crippen molar-refractivity contribution >= 4 is 41.5 Å². The molecule has 0 aliphatic rings. The standard InChI is InChI=1S/C11H7ClN2O4S.C2H6/c1-14-5-8(19(12,16)17)9-6-2-3-18-11(15)10(6)13-4-7(9)14;1-2/h2-5H,1H3;1-2H3. The Morgan fingerprint density at radius 3 is 2.62 bits per heavy atom. The Kier molecular flexibility index (Phi) is 4.06. The van der Waals surface area contributed by atoms with E-state index in [1.54, 1.807) is 11.6 Å². The van der Waals surface area contributed by atoms with E-state index >= 15 is 0 Å². The maximum Gasteiger partial charge on any atom is 0.362 e. The number of nitrogens with zero attached hydrogens (tertiary/aromatic N) is 2. The number of aryl methyl sites for hydroxylation is 1. The van der Waals surface area contributed by atoms with Gasteiger partial charge in [-0.3, -0.25) is 0 Å². The molecule has 0 N–H and O–H groups in total. The van der Waals surface area contributed by atoms with Crippen molar-refractivity contribution in [3.8, 4) is 0 Å². The van der Waals surface area contributed by atoms with Crippen molar-refractivity contribution in [1.29, 1.82) is 0 Å². The van der Waals surface area contributed by atoms with Gasteiger partial charge in [-0.25, -0.2) is 18.2 Å². The average molecular weight is 329 g/mol. The molecular weight excluding hydrogens is 316 g/mol. The van der Waals surface area contributed by atoms with Gasteiger partial charge in [-0.15, -0.1) is 0 Å². The molecule has 3 aromatic rings. The first kappa shape index (κ1) is 15.5. The zero-order chi connectivity index (χ0) is 15.8. The van der Waals surface area contributed by atoms with Crippen molar-refractivity contribution < 1.29 is 12.8 Å². The van der Waals surface area contributed by atoms with Gasteiger partial charge in [0.05, 0.1) is 18.0 Å². The summed E-state index contributed by atoms with van der Waals surface area (Å²) in [6, 6.07) is 1.50. The quantitative estimate of drug-likeness (QED) is 0.641. The molecule has 0 radical (unpaired) electrons. The molecule has 0 amide bonds. The van der Waals surface area contributed by atoms with E-state index in [0.29, 0.717) is 16.3 Å². The summed E-state index contributed by atoms with van der Waals surface area (Å²) in [6.45, 7) is 4.00. The Balaban J connectivity index is 0.000000774. The third-order valence-corrected chi connectivity index (χ3v) is 4.23. The van der Waals surface area contributed by atoms with Crippen LogP contribution in [0.15, 0.2) is 38.8 Å². The smallest absolute Gasteiger partial charge is 0.362 e. The van der Waals surface area contributed by atoms with Crippen LogP contribution in [0.2, 0.25) is 0 Å². The molecule has 21 heavy (non-hydrogen) atoms. The zero-order valence-corrected chi connectivity index (χ0v) is 13.2. The van der Waals surface area contributed by atoms with E-state index in [0.717, 1.165) is 0 Å². The second-order valence-corrected chi connectivity index (χ2v) is 6.57. The second-order valence-electron chi connectivity index (χ2n) is 4.03. The summed E-state index contributed by atoms with van der Waals surface area (Å²) in [4.78, 5) is 15.5. The minimum atomic E-state index is -3.92. The zero-order valence-electron chi connectivity index (χ0n) is 11.6. The summed E-state index contributed by atoms with van der Waals surface area (Å²) in [5, 5.41) is 0.768. The van der Waals surface area contributed by atoms with Gasteiger partial charge in [0.1, 0.15) is 4.90 Å². The Morgan fingerprint density at radius 2 is 2.00 bits per heavy atom. The van der Waals surface area contributed by atoms with E-state index < -0.39 is 14.7 Å². The highest BCUT2D eigenvalue weighted by Gasteiger charge is 2.21. The molecular formula is C13H13ClN2O4S. The molecule has 3 rings (SSSR count). The van der Waals surface area contributed by atoms with Crippen molar-refractivity contribution in [2.75, 3.05) is 0 Å². The number of fused-ring (bicyclic) bond motifs is 3. The molecule has 0 aliphatic carbocycles. The largest absolute Gasteiger partial charge is 0.430 e. The molecule has 0 bridgehead atoms. The van der Waals surface area contributed by atoms with E-state index in [1.165, 1.54) is 24.7 Å². The third kappa shape index (κ3) is 2.54. The molecule has 0 aliphatic heterocycles. The lowest BCUT2D eigenvalue weighted by molar-refractivity contribution is 0.518. The van der Waals surface area contributed by atoms with Crippen LogP contribution in [-0.2, 0) is 16.1 Å². The average Bonchev–Trinajstić information content (AvgIpc) is 2.79. The Morgan fingerprint density at radius 1 is 1.33 bits per heavy atom. The maximum absolute atomic E-state index is 11.6. The fourth-order valence-electron chi connectivity index (χ4n) is 2.08. The number of hydrogen-bond acceptors (Lipinski definition) is 5. The number of pyridine rings is 1. The summed E-state index contributed by atoms with van der Waals surface area (Å²) >= 11 is 0. The maximum atomic E-state index is 11.6. The molecule has 3 heterocycles. The Labute approximate surface area is 125 Å². The predicted molar refractivity (Wildman–Crippen MR) is 81.1 cm³/mol. The van der Waals surface area contributed by atoms with E-state index in [9.17, 15) is 13.2 Å². The molecule has 0 fully saturated rings. The van der Waals surface area contributed by atoms with Crippen LogP contribution in [0, 0.1) is 0 Å². The van der Waals surface area contributed by atoms with Crippen molar-refractivity contribution in [2.45, 2.75) is 18.7 Å². The van der Waals surface area contributed by atoms with Gasteiger partial charge < -0.3 is 8.98 Å². The third-order valence-electron chi connectivity index (χ3n) is 2.90. The lowest BCUT2D eigenvalue weighted by Crippen LogP contribution is -2.01. The lowest BCUT2D eigenvalue weighted by Gasteiger charge is -2.00. The van der Waals surface area contributed by atoms with Crippen LogP contribution < -0.4 is 5.63 Å². The highest BCUT2D eigenvalue weighted by Crippen LogP contribution is 2.31. The van der Waals surface area contributed by atoms with Gasteiger partial charge in [-0.1, -0.05) is 13.8 Å². The van der Waals surface area contributed by atoms with Gasteiger partial charge in [-0.05, 0) is 6.07 Å². The van der Waals surface area contributed by atoms with E-state index in [1.807, 2.05) is 13.8 Å². The minimum Gasteiger partial charge on any atom is -0.430 e. The van der Waals surface area contributed by atoms with Crippen molar-refractivity contribution in [3.63, 3.8) is 0 Å². The monoisotopic (exact) mass is 328 g/mol. The highest BCUT2D eigenvalue weighted by atomic mass is 35.7.